The molecular weight excluding hydrogens is 358 g/mol. The molecule has 2 aromatic rings. The number of para-hydroxylation sites is 1. The van der Waals surface area contributed by atoms with Gasteiger partial charge in [0.25, 0.3) is 5.91 Å². The van der Waals surface area contributed by atoms with Crippen LogP contribution in [0.15, 0.2) is 54.6 Å². The number of ether oxygens (including phenoxy) is 1. The first kappa shape index (κ1) is 18.7. The van der Waals surface area contributed by atoms with Crippen molar-refractivity contribution in [3.8, 4) is 5.75 Å². The Hall–Kier alpha value is -2.29. The maximum Gasteiger partial charge on any atom is 0.251 e. The molecule has 3 nitrogen and oxygen atoms in total. The van der Waals surface area contributed by atoms with Gasteiger partial charge in [-0.3, -0.25) is 4.79 Å². The molecule has 6 rings (SSSR count). The number of hydrogen-bond donors (Lipinski definition) is 1. The van der Waals surface area contributed by atoms with Crippen LogP contribution in [0, 0.1) is 23.2 Å². The second kappa shape index (κ2) is 7.51. The van der Waals surface area contributed by atoms with Crippen LogP contribution in [0.4, 0.5) is 0 Å². The minimum Gasteiger partial charge on any atom is -0.489 e. The van der Waals surface area contributed by atoms with Gasteiger partial charge >= 0.3 is 0 Å². The summed E-state index contributed by atoms with van der Waals surface area (Å²) in [6.45, 7) is 2.75. The number of benzene rings is 2. The molecule has 0 unspecified atom stereocenters. The van der Waals surface area contributed by atoms with Gasteiger partial charge in [0, 0.05) is 11.6 Å². The van der Waals surface area contributed by atoms with Crippen LogP contribution in [-0.4, -0.2) is 11.9 Å². The maximum atomic E-state index is 12.9. The Labute approximate surface area is 173 Å². The second-order valence-electron chi connectivity index (χ2n) is 9.77. The first-order valence-electron chi connectivity index (χ1n) is 11.2. The van der Waals surface area contributed by atoms with E-state index in [-0.39, 0.29) is 11.9 Å². The zero-order chi connectivity index (χ0) is 19.8. The molecule has 2 aromatic carbocycles. The van der Waals surface area contributed by atoms with E-state index < -0.39 is 0 Å². The summed E-state index contributed by atoms with van der Waals surface area (Å²) in [7, 11) is 0. The van der Waals surface area contributed by atoms with E-state index in [4.69, 9.17) is 4.74 Å². The van der Waals surface area contributed by atoms with Gasteiger partial charge < -0.3 is 10.1 Å². The number of carbonyl (C=O) groups excluding carboxylic acids is 1. The highest BCUT2D eigenvalue weighted by atomic mass is 16.5. The number of amides is 1. The summed E-state index contributed by atoms with van der Waals surface area (Å²) in [5.41, 5.74) is 2.15. The van der Waals surface area contributed by atoms with Gasteiger partial charge in [-0.05, 0) is 98.4 Å². The second-order valence-corrected chi connectivity index (χ2v) is 9.77. The average Bonchev–Trinajstić information content (AvgIpc) is 2.72. The van der Waals surface area contributed by atoms with Crippen molar-refractivity contribution in [3.05, 3.63) is 65.7 Å². The molecule has 0 spiro atoms. The number of nitrogens with one attached hydrogen (secondary N) is 1. The van der Waals surface area contributed by atoms with Crippen LogP contribution in [0.25, 0.3) is 0 Å². The Morgan fingerprint density at radius 2 is 1.55 bits per heavy atom. The monoisotopic (exact) mass is 389 g/mol. The smallest absolute Gasteiger partial charge is 0.251 e. The van der Waals surface area contributed by atoms with Crippen molar-refractivity contribution >= 4 is 5.91 Å². The molecule has 4 bridgehead atoms. The van der Waals surface area contributed by atoms with Gasteiger partial charge in [0.15, 0.2) is 0 Å². The highest BCUT2D eigenvalue weighted by Gasteiger charge is 2.53. The highest BCUT2D eigenvalue weighted by molar-refractivity contribution is 5.94. The van der Waals surface area contributed by atoms with Gasteiger partial charge in [0.05, 0.1) is 0 Å². The molecule has 1 N–H and O–H groups in total. The van der Waals surface area contributed by atoms with E-state index in [1.54, 1.807) is 0 Å². The molecule has 0 aliphatic heterocycles. The Kier molecular flexibility index (Phi) is 4.85. The Morgan fingerprint density at radius 3 is 2.14 bits per heavy atom. The summed E-state index contributed by atoms with van der Waals surface area (Å²) in [5.74, 6) is 3.64. The molecule has 0 saturated heterocycles. The Balaban J connectivity index is 1.20. The molecule has 0 heterocycles. The van der Waals surface area contributed by atoms with Crippen molar-refractivity contribution in [3.63, 3.8) is 0 Å². The third-order valence-corrected chi connectivity index (χ3v) is 7.72. The van der Waals surface area contributed by atoms with Crippen molar-refractivity contribution in [2.24, 2.45) is 23.2 Å². The van der Waals surface area contributed by atoms with Crippen molar-refractivity contribution in [1.29, 1.82) is 0 Å². The standard InChI is InChI=1S/C26H31NO2/c1-18(26-14-20-11-21(15-26)13-22(12-20)16-26)27-25(28)23-9-7-19(8-10-23)17-29-24-5-3-2-4-6-24/h2-10,18,20-22H,11-17H2,1H3,(H,27,28)/t18-,20?,21?,22?,26?/m0/s1. The first-order chi connectivity index (χ1) is 14.1. The SMILES string of the molecule is C[C@H](NC(=O)c1ccc(COc2ccccc2)cc1)C12CC3CC(CC(C3)C1)C2. The van der Waals surface area contributed by atoms with E-state index in [2.05, 4.69) is 12.2 Å². The summed E-state index contributed by atoms with van der Waals surface area (Å²) < 4.78 is 5.79. The molecule has 0 aromatic heterocycles. The third kappa shape index (κ3) is 3.80. The molecule has 152 valence electrons. The fourth-order valence-corrected chi connectivity index (χ4v) is 6.58. The molecule has 1 atom stereocenters. The molecule has 1 amide bonds. The van der Waals surface area contributed by atoms with E-state index in [0.29, 0.717) is 12.0 Å². The predicted octanol–water partition coefficient (Wildman–Crippen LogP) is 5.60. The van der Waals surface area contributed by atoms with Crippen LogP contribution in [0.5, 0.6) is 5.75 Å². The van der Waals surface area contributed by atoms with Crippen molar-refractivity contribution in [2.75, 3.05) is 0 Å². The topological polar surface area (TPSA) is 38.3 Å². The highest BCUT2D eigenvalue weighted by Crippen LogP contribution is 2.61. The number of hydrogen-bond acceptors (Lipinski definition) is 2. The molecule has 3 heteroatoms. The molecule has 4 fully saturated rings. The quantitative estimate of drug-likeness (QED) is 0.698. The summed E-state index contributed by atoms with van der Waals surface area (Å²) in [6.07, 6.45) is 8.26. The zero-order valence-electron chi connectivity index (χ0n) is 17.3. The van der Waals surface area contributed by atoms with Crippen LogP contribution >= 0.6 is 0 Å². The summed E-state index contributed by atoms with van der Waals surface area (Å²) >= 11 is 0. The van der Waals surface area contributed by atoms with Crippen LogP contribution in [-0.2, 0) is 6.61 Å². The molecule has 4 saturated carbocycles. The number of carbonyl (C=O) groups is 1. The van der Waals surface area contributed by atoms with Crippen molar-refractivity contribution in [2.45, 2.75) is 58.1 Å². The van der Waals surface area contributed by atoms with Gasteiger partial charge in [-0.25, -0.2) is 0 Å². The lowest BCUT2D eigenvalue weighted by atomic mass is 9.48. The minimum absolute atomic E-state index is 0.0590. The average molecular weight is 390 g/mol. The minimum atomic E-state index is 0.0590. The molecule has 29 heavy (non-hydrogen) atoms. The van der Waals surface area contributed by atoms with Gasteiger partial charge in [0.2, 0.25) is 0 Å². The van der Waals surface area contributed by atoms with Gasteiger partial charge in [0.1, 0.15) is 12.4 Å². The summed E-state index contributed by atoms with van der Waals surface area (Å²) in [4.78, 5) is 12.9. The number of rotatable bonds is 6. The lowest BCUT2D eigenvalue weighted by Gasteiger charge is -2.59. The van der Waals surface area contributed by atoms with Crippen LogP contribution in [0.2, 0.25) is 0 Å². The van der Waals surface area contributed by atoms with Crippen LogP contribution in [0.3, 0.4) is 0 Å². The molecule has 4 aliphatic carbocycles. The normalized spacial score (nSPS) is 30.7. The lowest BCUT2D eigenvalue weighted by molar-refractivity contribution is -0.0688. The van der Waals surface area contributed by atoms with E-state index in [1.807, 2.05) is 54.6 Å². The van der Waals surface area contributed by atoms with E-state index >= 15 is 0 Å². The Morgan fingerprint density at radius 1 is 0.966 bits per heavy atom. The van der Waals surface area contributed by atoms with Gasteiger partial charge in [-0.1, -0.05) is 30.3 Å². The third-order valence-electron chi connectivity index (χ3n) is 7.72. The van der Waals surface area contributed by atoms with Crippen molar-refractivity contribution in [1.82, 2.24) is 5.32 Å². The Bertz CT molecular complexity index is 823. The van der Waals surface area contributed by atoms with E-state index in [9.17, 15) is 4.79 Å². The van der Waals surface area contributed by atoms with Crippen LogP contribution in [0.1, 0.15) is 61.4 Å². The van der Waals surface area contributed by atoms with Gasteiger partial charge in [-0.2, -0.15) is 0 Å². The zero-order valence-corrected chi connectivity index (χ0v) is 17.3. The van der Waals surface area contributed by atoms with Crippen LogP contribution < -0.4 is 10.1 Å². The fraction of sp³-hybridized carbons (Fsp3) is 0.500. The predicted molar refractivity (Wildman–Crippen MR) is 115 cm³/mol. The summed E-state index contributed by atoms with van der Waals surface area (Å²) in [6, 6.07) is 17.9. The van der Waals surface area contributed by atoms with E-state index in [0.717, 1.165) is 34.6 Å². The largest absolute Gasteiger partial charge is 0.489 e. The van der Waals surface area contributed by atoms with Crippen molar-refractivity contribution < 1.29 is 9.53 Å². The van der Waals surface area contributed by atoms with Gasteiger partial charge in [-0.15, -0.1) is 0 Å². The lowest BCUT2D eigenvalue weighted by Crippen LogP contribution is -2.55. The summed E-state index contributed by atoms with van der Waals surface area (Å²) in [5, 5.41) is 3.36. The molecule has 0 radical (unpaired) electrons. The first-order valence-corrected chi connectivity index (χ1v) is 11.2. The van der Waals surface area contributed by atoms with E-state index in [1.165, 1.54) is 38.5 Å². The molecule has 4 aliphatic rings. The maximum absolute atomic E-state index is 12.9. The fourth-order valence-electron chi connectivity index (χ4n) is 6.58. The molecular formula is C26H31NO2.